The lowest BCUT2D eigenvalue weighted by molar-refractivity contribution is -0.384. The molecule has 0 unspecified atom stereocenters. The van der Waals surface area contributed by atoms with Crippen LogP contribution in [0.1, 0.15) is 0 Å². The van der Waals surface area contributed by atoms with Gasteiger partial charge in [0.1, 0.15) is 5.69 Å². The van der Waals surface area contributed by atoms with Crippen LogP contribution in [0.5, 0.6) is 0 Å². The highest BCUT2D eigenvalue weighted by molar-refractivity contribution is 7.89. The van der Waals surface area contributed by atoms with Gasteiger partial charge in [0.15, 0.2) is 0 Å². The van der Waals surface area contributed by atoms with Gasteiger partial charge in [0, 0.05) is 58.4 Å². The first-order chi connectivity index (χ1) is 15.2. The number of nitrogens with one attached hydrogen (secondary N) is 1. The minimum atomic E-state index is -3.86. The van der Waals surface area contributed by atoms with E-state index in [2.05, 4.69) is 4.72 Å². The van der Waals surface area contributed by atoms with E-state index in [0.717, 1.165) is 6.07 Å². The van der Waals surface area contributed by atoms with E-state index < -0.39 is 14.9 Å². The zero-order valence-corrected chi connectivity index (χ0v) is 19.2. The van der Waals surface area contributed by atoms with Gasteiger partial charge in [-0.1, -0.05) is 0 Å². The lowest BCUT2D eigenvalue weighted by atomic mass is 10.2. The van der Waals surface area contributed by atoms with Gasteiger partial charge in [-0.2, -0.15) is 0 Å². The average Bonchev–Trinajstić information content (AvgIpc) is 2.78. The van der Waals surface area contributed by atoms with Gasteiger partial charge in [-0.15, -0.1) is 0 Å². The first kappa shape index (κ1) is 24.2. The number of nitro groups is 1. The number of urea groups is 1. The summed E-state index contributed by atoms with van der Waals surface area (Å²) >= 11 is 0. The normalized spacial score (nSPS) is 17.7. The second kappa shape index (κ2) is 10.4. The van der Waals surface area contributed by atoms with E-state index in [1.54, 1.807) is 9.80 Å². The SMILES string of the molecule is CN(C)CCNS(=O)(=O)c1ccc(N2CCN(C(=O)N3CCOCC3)CC2)c([N+](=O)[O-])c1. The highest BCUT2D eigenvalue weighted by Gasteiger charge is 2.30. The Hall–Kier alpha value is -2.48. The molecule has 0 atom stereocenters. The maximum absolute atomic E-state index is 12.6. The van der Waals surface area contributed by atoms with Gasteiger partial charge < -0.3 is 24.3 Å². The van der Waals surface area contributed by atoms with E-state index in [1.165, 1.54) is 12.1 Å². The number of anilines is 1. The molecule has 12 nitrogen and oxygen atoms in total. The summed E-state index contributed by atoms with van der Waals surface area (Å²) in [5.41, 5.74) is 0.0779. The van der Waals surface area contributed by atoms with Gasteiger partial charge in [-0.3, -0.25) is 10.1 Å². The van der Waals surface area contributed by atoms with Gasteiger partial charge in [-0.05, 0) is 26.2 Å². The summed E-state index contributed by atoms with van der Waals surface area (Å²) in [6.07, 6.45) is 0. The van der Waals surface area contributed by atoms with Crippen LogP contribution in [-0.2, 0) is 14.8 Å². The number of ether oxygens (including phenoxy) is 1. The van der Waals surface area contributed by atoms with E-state index >= 15 is 0 Å². The van der Waals surface area contributed by atoms with Crippen molar-refractivity contribution in [2.24, 2.45) is 0 Å². The smallest absolute Gasteiger partial charge is 0.320 e. The molecule has 1 N–H and O–H groups in total. The zero-order chi connectivity index (χ0) is 23.3. The Morgan fingerprint density at radius 2 is 1.75 bits per heavy atom. The molecule has 0 saturated carbocycles. The van der Waals surface area contributed by atoms with Crippen LogP contribution in [0.4, 0.5) is 16.2 Å². The van der Waals surface area contributed by atoms with Crippen molar-refractivity contribution in [3.63, 3.8) is 0 Å². The van der Waals surface area contributed by atoms with E-state index in [0.29, 0.717) is 64.7 Å². The number of amides is 2. The van der Waals surface area contributed by atoms with Crippen molar-refractivity contribution in [2.75, 3.05) is 84.6 Å². The van der Waals surface area contributed by atoms with E-state index in [1.807, 2.05) is 23.9 Å². The lowest BCUT2D eigenvalue weighted by Gasteiger charge is -2.39. The largest absolute Gasteiger partial charge is 0.378 e. The van der Waals surface area contributed by atoms with Crippen molar-refractivity contribution in [1.82, 2.24) is 19.4 Å². The Kier molecular flexibility index (Phi) is 7.87. The molecule has 13 heteroatoms. The Morgan fingerprint density at radius 3 is 2.34 bits per heavy atom. The molecule has 2 aliphatic heterocycles. The Morgan fingerprint density at radius 1 is 1.12 bits per heavy atom. The molecule has 32 heavy (non-hydrogen) atoms. The van der Waals surface area contributed by atoms with Gasteiger partial charge in [0.05, 0.1) is 23.0 Å². The fourth-order valence-electron chi connectivity index (χ4n) is 3.66. The predicted octanol–water partition coefficient (Wildman–Crippen LogP) is 0.00890. The van der Waals surface area contributed by atoms with Crippen LogP contribution in [0, 0.1) is 10.1 Å². The summed E-state index contributed by atoms with van der Waals surface area (Å²) in [6.45, 7) is 4.57. The van der Waals surface area contributed by atoms with Crippen LogP contribution in [0.3, 0.4) is 0 Å². The van der Waals surface area contributed by atoms with Crippen molar-refractivity contribution < 1.29 is 22.9 Å². The van der Waals surface area contributed by atoms with Crippen LogP contribution in [0.2, 0.25) is 0 Å². The molecule has 1 aromatic carbocycles. The number of benzene rings is 1. The first-order valence-corrected chi connectivity index (χ1v) is 12.0. The third kappa shape index (κ3) is 5.85. The number of nitrogens with zero attached hydrogens (tertiary/aromatic N) is 5. The quantitative estimate of drug-likeness (QED) is 0.436. The third-order valence-electron chi connectivity index (χ3n) is 5.48. The molecule has 2 heterocycles. The molecule has 2 fully saturated rings. The van der Waals surface area contributed by atoms with Gasteiger partial charge in [0.2, 0.25) is 10.0 Å². The lowest BCUT2D eigenvalue weighted by Crippen LogP contribution is -2.54. The predicted molar refractivity (Wildman–Crippen MR) is 118 cm³/mol. The number of hydrogen-bond donors (Lipinski definition) is 1. The molecule has 3 rings (SSSR count). The Bertz CT molecular complexity index is 926. The van der Waals surface area contributed by atoms with E-state index in [9.17, 15) is 23.3 Å². The zero-order valence-electron chi connectivity index (χ0n) is 18.4. The first-order valence-electron chi connectivity index (χ1n) is 10.5. The van der Waals surface area contributed by atoms with Gasteiger partial charge >= 0.3 is 6.03 Å². The minimum Gasteiger partial charge on any atom is -0.378 e. The van der Waals surface area contributed by atoms with Crippen molar-refractivity contribution in [3.05, 3.63) is 28.3 Å². The number of morpholine rings is 1. The number of likely N-dealkylation sites (N-methyl/N-ethyl adjacent to an activating group) is 1. The van der Waals surface area contributed by atoms with Crippen LogP contribution < -0.4 is 9.62 Å². The highest BCUT2D eigenvalue weighted by atomic mass is 32.2. The number of rotatable bonds is 7. The van der Waals surface area contributed by atoms with E-state index in [4.69, 9.17) is 4.74 Å². The fraction of sp³-hybridized carbons (Fsp3) is 0.632. The molecule has 0 aromatic heterocycles. The van der Waals surface area contributed by atoms with Crippen molar-refractivity contribution in [1.29, 1.82) is 0 Å². The highest BCUT2D eigenvalue weighted by Crippen LogP contribution is 2.31. The Labute approximate surface area is 187 Å². The second-order valence-corrected chi connectivity index (χ2v) is 9.73. The molecule has 2 aliphatic rings. The molecule has 2 amide bonds. The van der Waals surface area contributed by atoms with Crippen LogP contribution in [0.25, 0.3) is 0 Å². The molecular formula is C19H30N6O6S. The molecular weight excluding hydrogens is 440 g/mol. The molecule has 0 spiro atoms. The van der Waals surface area contributed by atoms with Crippen LogP contribution in [0.15, 0.2) is 23.1 Å². The summed E-state index contributed by atoms with van der Waals surface area (Å²) < 4.78 is 32.8. The molecule has 0 radical (unpaired) electrons. The summed E-state index contributed by atoms with van der Waals surface area (Å²) in [5, 5.41) is 11.7. The average molecular weight is 471 g/mol. The number of nitro benzene ring substituents is 1. The van der Waals surface area contributed by atoms with Crippen molar-refractivity contribution in [2.45, 2.75) is 4.90 Å². The maximum atomic E-state index is 12.6. The number of sulfonamides is 1. The van der Waals surface area contributed by atoms with Crippen LogP contribution in [-0.4, -0.2) is 114 Å². The van der Waals surface area contributed by atoms with Crippen LogP contribution >= 0.6 is 0 Å². The summed E-state index contributed by atoms with van der Waals surface area (Å²) in [7, 11) is -0.217. The molecule has 0 aliphatic carbocycles. The van der Waals surface area contributed by atoms with Crippen molar-refractivity contribution in [3.8, 4) is 0 Å². The monoisotopic (exact) mass is 470 g/mol. The minimum absolute atomic E-state index is 0.0484. The third-order valence-corrected chi connectivity index (χ3v) is 6.94. The summed E-state index contributed by atoms with van der Waals surface area (Å²) in [6, 6.07) is 3.90. The molecule has 178 valence electrons. The summed E-state index contributed by atoms with van der Waals surface area (Å²) in [5.74, 6) is 0. The fourth-order valence-corrected chi connectivity index (χ4v) is 4.70. The van der Waals surface area contributed by atoms with E-state index in [-0.39, 0.29) is 23.2 Å². The van der Waals surface area contributed by atoms with Crippen molar-refractivity contribution >= 4 is 27.4 Å². The van der Waals surface area contributed by atoms with Gasteiger partial charge in [0.25, 0.3) is 5.69 Å². The molecule has 1 aromatic rings. The Balaban J connectivity index is 1.69. The maximum Gasteiger partial charge on any atom is 0.320 e. The number of hydrogen-bond acceptors (Lipinski definition) is 8. The summed E-state index contributed by atoms with van der Waals surface area (Å²) in [4.78, 5) is 30.8. The number of carbonyl (C=O) groups excluding carboxylic acids is 1. The van der Waals surface area contributed by atoms with Gasteiger partial charge in [-0.25, -0.2) is 17.9 Å². The standard InChI is InChI=1S/C19H30N6O6S/c1-21(2)6-5-20-32(29,30)16-3-4-17(18(15-16)25(27)28)22-7-9-23(10-8-22)19(26)24-11-13-31-14-12-24/h3-4,15,20H,5-14H2,1-2H3. The number of carbonyl (C=O) groups is 1. The topological polar surface area (TPSA) is 129 Å². The second-order valence-electron chi connectivity index (χ2n) is 7.96. The molecule has 2 saturated heterocycles. The number of piperazine rings is 1. The molecule has 0 bridgehead atoms.